The first-order valence-corrected chi connectivity index (χ1v) is 11.1. The van der Waals surface area contributed by atoms with E-state index in [9.17, 15) is 14.9 Å². The quantitative estimate of drug-likeness (QED) is 0.491. The van der Waals surface area contributed by atoms with E-state index in [1.165, 1.54) is 5.56 Å². The summed E-state index contributed by atoms with van der Waals surface area (Å²) in [4.78, 5) is 27.0. The monoisotopic (exact) mass is 442 g/mol. The van der Waals surface area contributed by atoms with Gasteiger partial charge in [-0.15, -0.1) is 0 Å². The first kappa shape index (κ1) is 22.5. The highest BCUT2D eigenvalue weighted by molar-refractivity contribution is 6.19. The standard InChI is InChI=1S/C27H26N2O4/c1-18-5-7-21(8-6-18)17-33-22-11-9-20(10-12-22)14-24-19(2)25(15-28)27(31)29(26(24)30)16-23-4-3-13-32-23/h5-12,14,23H,3-4,13,16-17H2,1-2H3/b24-14+. The number of carbonyl (C=O) groups is 2. The van der Waals surface area contributed by atoms with Crippen LogP contribution in [0.1, 0.15) is 36.5 Å². The summed E-state index contributed by atoms with van der Waals surface area (Å²) >= 11 is 0. The number of hydrogen-bond donors (Lipinski definition) is 0. The van der Waals surface area contributed by atoms with Gasteiger partial charge in [0.05, 0.1) is 12.6 Å². The van der Waals surface area contributed by atoms with E-state index in [-0.39, 0.29) is 18.2 Å². The zero-order valence-electron chi connectivity index (χ0n) is 18.8. The van der Waals surface area contributed by atoms with Gasteiger partial charge in [-0.1, -0.05) is 42.0 Å². The Morgan fingerprint density at radius 3 is 2.45 bits per heavy atom. The SMILES string of the molecule is CC1=C(C#N)C(=O)N(CC2CCCO2)C(=O)/C1=C/c1ccc(OCc2ccc(C)cc2)cc1. The van der Waals surface area contributed by atoms with Crippen LogP contribution in [-0.4, -0.2) is 36.0 Å². The molecule has 33 heavy (non-hydrogen) atoms. The van der Waals surface area contributed by atoms with Crippen LogP contribution in [0.3, 0.4) is 0 Å². The van der Waals surface area contributed by atoms with Crippen molar-refractivity contribution in [3.8, 4) is 11.8 Å². The molecule has 2 aromatic carbocycles. The van der Waals surface area contributed by atoms with Crippen molar-refractivity contribution in [3.63, 3.8) is 0 Å². The first-order chi connectivity index (χ1) is 16.0. The van der Waals surface area contributed by atoms with Crippen LogP contribution in [0.25, 0.3) is 6.08 Å². The number of aryl methyl sites for hydroxylation is 1. The average molecular weight is 443 g/mol. The summed E-state index contributed by atoms with van der Waals surface area (Å²) in [5.41, 5.74) is 3.81. The zero-order valence-corrected chi connectivity index (χ0v) is 18.8. The van der Waals surface area contributed by atoms with Crippen molar-refractivity contribution in [2.24, 2.45) is 0 Å². The Morgan fingerprint density at radius 2 is 1.82 bits per heavy atom. The van der Waals surface area contributed by atoms with Gasteiger partial charge in [0.1, 0.15) is 24.0 Å². The molecule has 4 rings (SSSR count). The van der Waals surface area contributed by atoms with Gasteiger partial charge in [-0.2, -0.15) is 5.26 Å². The van der Waals surface area contributed by atoms with Crippen LogP contribution in [0.2, 0.25) is 0 Å². The average Bonchev–Trinajstić information content (AvgIpc) is 3.34. The highest BCUT2D eigenvalue weighted by Crippen LogP contribution is 2.28. The van der Waals surface area contributed by atoms with E-state index in [0.717, 1.165) is 28.9 Å². The Balaban J connectivity index is 1.52. The number of ether oxygens (including phenoxy) is 2. The summed E-state index contributed by atoms with van der Waals surface area (Å²) in [5.74, 6) is -0.230. The Labute approximate surface area is 193 Å². The Morgan fingerprint density at radius 1 is 1.09 bits per heavy atom. The largest absolute Gasteiger partial charge is 0.489 e. The topological polar surface area (TPSA) is 79.6 Å². The van der Waals surface area contributed by atoms with E-state index >= 15 is 0 Å². The lowest BCUT2D eigenvalue weighted by Crippen LogP contribution is -2.46. The maximum Gasteiger partial charge on any atom is 0.271 e. The molecule has 2 aliphatic heterocycles. The molecule has 0 radical (unpaired) electrons. The van der Waals surface area contributed by atoms with E-state index in [2.05, 4.69) is 0 Å². The Hall–Kier alpha value is -3.69. The van der Waals surface area contributed by atoms with Gasteiger partial charge in [0, 0.05) is 12.2 Å². The Kier molecular flexibility index (Phi) is 6.71. The minimum atomic E-state index is -0.549. The lowest BCUT2D eigenvalue weighted by Gasteiger charge is -2.29. The van der Waals surface area contributed by atoms with Crippen molar-refractivity contribution in [1.82, 2.24) is 4.90 Å². The van der Waals surface area contributed by atoms with Crippen LogP contribution in [0, 0.1) is 18.3 Å². The minimum Gasteiger partial charge on any atom is -0.489 e. The van der Waals surface area contributed by atoms with Crippen LogP contribution in [0.4, 0.5) is 0 Å². The van der Waals surface area contributed by atoms with E-state index in [4.69, 9.17) is 9.47 Å². The molecule has 0 aliphatic carbocycles. The molecule has 0 saturated carbocycles. The van der Waals surface area contributed by atoms with Gasteiger partial charge in [0.25, 0.3) is 11.8 Å². The third-order valence-corrected chi connectivity index (χ3v) is 5.95. The van der Waals surface area contributed by atoms with Crippen molar-refractivity contribution in [2.45, 2.75) is 39.4 Å². The number of hydrogen-bond acceptors (Lipinski definition) is 5. The summed E-state index contributed by atoms with van der Waals surface area (Å²) in [6, 6.07) is 17.5. The molecule has 168 valence electrons. The lowest BCUT2D eigenvalue weighted by atomic mass is 9.93. The number of imide groups is 1. The summed E-state index contributed by atoms with van der Waals surface area (Å²) in [6.07, 6.45) is 3.24. The molecular weight excluding hydrogens is 416 g/mol. The smallest absolute Gasteiger partial charge is 0.271 e. The maximum atomic E-state index is 13.2. The van der Waals surface area contributed by atoms with Crippen LogP contribution >= 0.6 is 0 Å². The van der Waals surface area contributed by atoms with E-state index in [1.54, 1.807) is 13.0 Å². The fraction of sp³-hybridized carbons (Fsp3) is 0.296. The second-order valence-electron chi connectivity index (χ2n) is 8.37. The third kappa shape index (κ3) is 5.05. The second kappa shape index (κ2) is 9.85. The number of nitriles is 1. The number of nitrogens with zero attached hydrogens (tertiary/aromatic N) is 2. The molecule has 0 aromatic heterocycles. The fourth-order valence-corrected chi connectivity index (χ4v) is 3.97. The van der Waals surface area contributed by atoms with Crippen molar-refractivity contribution in [1.29, 1.82) is 5.26 Å². The molecule has 0 bridgehead atoms. The molecule has 6 nitrogen and oxygen atoms in total. The van der Waals surface area contributed by atoms with Gasteiger partial charge >= 0.3 is 0 Å². The highest BCUT2D eigenvalue weighted by atomic mass is 16.5. The van der Waals surface area contributed by atoms with Crippen LogP contribution < -0.4 is 4.74 Å². The van der Waals surface area contributed by atoms with Crippen LogP contribution in [-0.2, 0) is 20.9 Å². The molecule has 2 heterocycles. The summed E-state index contributed by atoms with van der Waals surface area (Å²) in [7, 11) is 0. The molecular formula is C27H26N2O4. The number of amides is 2. The van der Waals surface area contributed by atoms with Gasteiger partial charge in [-0.05, 0) is 61.6 Å². The van der Waals surface area contributed by atoms with Gasteiger partial charge < -0.3 is 9.47 Å². The first-order valence-electron chi connectivity index (χ1n) is 11.1. The molecule has 2 aromatic rings. The van der Waals surface area contributed by atoms with Crippen LogP contribution in [0.5, 0.6) is 5.75 Å². The van der Waals surface area contributed by atoms with Crippen molar-refractivity contribution in [3.05, 3.63) is 81.9 Å². The predicted octanol–water partition coefficient (Wildman–Crippen LogP) is 4.35. The van der Waals surface area contributed by atoms with E-state index in [0.29, 0.717) is 30.1 Å². The van der Waals surface area contributed by atoms with Gasteiger partial charge in [-0.3, -0.25) is 14.5 Å². The zero-order chi connectivity index (χ0) is 23.4. The molecule has 6 heteroatoms. The number of carbonyl (C=O) groups excluding carboxylic acids is 2. The summed E-state index contributed by atoms with van der Waals surface area (Å²) in [5, 5.41) is 9.54. The molecule has 1 atom stereocenters. The number of rotatable bonds is 6. The van der Waals surface area contributed by atoms with Crippen LogP contribution in [0.15, 0.2) is 65.3 Å². The lowest BCUT2D eigenvalue weighted by molar-refractivity contribution is -0.142. The number of benzene rings is 2. The summed E-state index contributed by atoms with van der Waals surface area (Å²) < 4.78 is 11.4. The predicted molar refractivity (Wildman–Crippen MR) is 124 cm³/mol. The molecule has 2 amide bonds. The minimum absolute atomic E-state index is 0.00287. The van der Waals surface area contributed by atoms with E-state index in [1.807, 2.05) is 61.5 Å². The summed E-state index contributed by atoms with van der Waals surface area (Å²) in [6.45, 7) is 4.94. The molecule has 2 aliphatic rings. The van der Waals surface area contributed by atoms with Crippen molar-refractivity contribution >= 4 is 17.9 Å². The maximum absolute atomic E-state index is 13.2. The Bertz CT molecular complexity index is 1150. The molecule has 1 fully saturated rings. The van der Waals surface area contributed by atoms with Crippen molar-refractivity contribution < 1.29 is 19.1 Å². The van der Waals surface area contributed by atoms with E-state index < -0.39 is 11.8 Å². The second-order valence-corrected chi connectivity index (χ2v) is 8.37. The van der Waals surface area contributed by atoms with Gasteiger partial charge in [-0.25, -0.2) is 0 Å². The normalized spacial score (nSPS) is 19.8. The highest BCUT2D eigenvalue weighted by Gasteiger charge is 2.37. The fourth-order valence-electron chi connectivity index (χ4n) is 3.97. The molecule has 0 spiro atoms. The van der Waals surface area contributed by atoms with Gasteiger partial charge in [0.15, 0.2) is 0 Å². The van der Waals surface area contributed by atoms with Gasteiger partial charge in [0.2, 0.25) is 0 Å². The molecule has 1 saturated heterocycles. The molecule has 1 unspecified atom stereocenters. The third-order valence-electron chi connectivity index (χ3n) is 5.95. The molecule has 0 N–H and O–H groups in total. The van der Waals surface area contributed by atoms with Crippen molar-refractivity contribution in [2.75, 3.05) is 13.2 Å².